The van der Waals surface area contributed by atoms with Crippen molar-refractivity contribution >= 4 is 21.8 Å². The number of sulfonamides is 1. The van der Waals surface area contributed by atoms with Gasteiger partial charge in [0, 0.05) is 24.6 Å². The highest BCUT2D eigenvalue weighted by molar-refractivity contribution is 7.89. The van der Waals surface area contributed by atoms with Gasteiger partial charge in [0.15, 0.2) is 18.1 Å². The van der Waals surface area contributed by atoms with Gasteiger partial charge >= 0.3 is 5.97 Å². The Morgan fingerprint density at radius 3 is 2.29 bits per heavy atom. The quantitative estimate of drug-likeness (QED) is 0.362. The Balaban J connectivity index is 1.27. The molecule has 1 aromatic heterocycles. The third-order valence-corrected chi connectivity index (χ3v) is 8.06. The van der Waals surface area contributed by atoms with Crippen LogP contribution in [0.2, 0.25) is 0 Å². The highest BCUT2D eigenvalue weighted by Crippen LogP contribution is 2.39. The van der Waals surface area contributed by atoms with Crippen molar-refractivity contribution in [3.8, 4) is 5.69 Å². The van der Waals surface area contributed by atoms with E-state index in [0.717, 1.165) is 37.1 Å². The molecule has 176 valence electrons. The maximum Gasteiger partial charge on any atom is 0.357 e. The molecule has 1 aliphatic heterocycles. The van der Waals surface area contributed by atoms with E-state index < -0.39 is 28.4 Å². The van der Waals surface area contributed by atoms with E-state index in [1.807, 2.05) is 30.3 Å². The summed E-state index contributed by atoms with van der Waals surface area (Å²) in [6, 6.07) is 16.8. The monoisotopic (exact) mass is 479 g/mol. The fourth-order valence-corrected chi connectivity index (χ4v) is 5.59. The van der Waals surface area contributed by atoms with Gasteiger partial charge in [-0.1, -0.05) is 18.2 Å². The van der Waals surface area contributed by atoms with Crippen LogP contribution < -0.4 is 0 Å². The summed E-state index contributed by atoms with van der Waals surface area (Å²) in [5.41, 5.74) is 2.13. The van der Waals surface area contributed by atoms with Gasteiger partial charge in [0.2, 0.25) is 10.0 Å². The Morgan fingerprint density at radius 2 is 1.65 bits per heavy atom. The molecule has 0 radical (unpaired) electrons. The number of esters is 1. The van der Waals surface area contributed by atoms with E-state index in [-0.39, 0.29) is 16.2 Å². The molecule has 0 amide bonds. The van der Waals surface area contributed by atoms with Gasteiger partial charge in [-0.2, -0.15) is 9.40 Å². The number of Topliss-reactive ketones (excluding diaryl/α,β-unsaturated/α-hetero) is 1. The SMILES string of the molecule is O=C(COC(=O)c1cc(C2CC2)nn1-c1ccccc1)c1ccc(S(=O)(=O)N2CCCC2)cc1. The number of benzene rings is 2. The number of aromatic nitrogens is 2. The lowest BCUT2D eigenvalue weighted by Crippen LogP contribution is -2.27. The van der Waals surface area contributed by atoms with Crippen molar-refractivity contribution in [2.45, 2.75) is 36.5 Å². The third-order valence-electron chi connectivity index (χ3n) is 6.15. The molecule has 0 spiro atoms. The Hall–Kier alpha value is -3.30. The number of hydrogen-bond acceptors (Lipinski definition) is 6. The topological polar surface area (TPSA) is 98.6 Å². The summed E-state index contributed by atoms with van der Waals surface area (Å²) in [6.07, 6.45) is 3.80. The zero-order valence-electron chi connectivity index (χ0n) is 18.6. The van der Waals surface area contributed by atoms with Crippen molar-refractivity contribution in [3.63, 3.8) is 0 Å². The molecular weight excluding hydrogens is 454 g/mol. The minimum absolute atomic E-state index is 0.155. The molecule has 8 nitrogen and oxygen atoms in total. The van der Waals surface area contributed by atoms with Crippen LogP contribution in [-0.4, -0.2) is 54.0 Å². The minimum Gasteiger partial charge on any atom is -0.453 e. The number of para-hydroxylation sites is 1. The lowest BCUT2D eigenvalue weighted by molar-refractivity contribution is 0.0465. The first-order valence-corrected chi connectivity index (χ1v) is 12.8. The van der Waals surface area contributed by atoms with Crippen molar-refractivity contribution in [2.75, 3.05) is 19.7 Å². The molecule has 2 fully saturated rings. The second-order valence-electron chi connectivity index (χ2n) is 8.61. The molecular formula is C25H25N3O5S. The number of hydrogen-bond donors (Lipinski definition) is 0. The van der Waals surface area contributed by atoms with Crippen LogP contribution >= 0.6 is 0 Å². The zero-order valence-corrected chi connectivity index (χ0v) is 19.4. The van der Waals surface area contributed by atoms with E-state index in [9.17, 15) is 18.0 Å². The summed E-state index contributed by atoms with van der Waals surface area (Å²) >= 11 is 0. The van der Waals surface area contributed by atoms with Crippen LogP contribution in [0, 0.1) is 0 Å². The molecule has 2 aromatic carbocycles. The Bertz CT molecular complexity index is 1310. The van der Waals surface area contributed by atoms with E-state index in [4.69, 9.17) is 4.74 Å². The van der Waals surface area contributed by atoms with Crippen molar-refractivity contribution < 1.29 is 22.7 Å². The summed E-state index contributed by atoms with van der Waals surface area (Å²) in [5.74, 6) is -0.690. The van der Waals surface area contributed by atoms with Crippen molar-refractivity contribution in [2.24, 2.45) is 0 Å². The largest absolute Gasteiger partial charge is 0.453 e. The van der Waals surface area contributed by atoms with Gasteiger partial charge in [-0.3, -0.25) is 4.79 Å². The van der Waals surface area contributed by atoms with Crippen LogP contribution in [0.4, 0.5) is 0 Å². The molecule has 2 heterocycles. The van der Waals surface area contributed by atoms with Gasteiger partial charge in [-0.05, 0) is 68.1 Å². The molecule has 0 atom stereocenters. The van der Waals surface area contributed by atoms with Crippen LogP contribution in [0.3, 0.4) is 0 Å². The molecule has 1 aliphatic carbocycles. The predicted octanol–water partition coefficient (Wildman–Crippen LogP) is 3.57. The Kier molecular flexibility index (Phi) is 6.05. The number of carbonyl (C=O) groups is 2. The normalized spacial score (nSPS) is 16.5. The number of ether oxygens (including phenoxy) is 1. The summed E-state index contributed by atoms with van der Waals surface area (Å²) in [6.45, 7) is 0.581. The van der Waals surface area contributed by atoms with Crippen LogP contribution in [0.1, 0.15) is 58.1 Å². The van der Waals surface area contributed by atoms with Gasteiger partial charge in [0.05, 0.1) is 16.3 Å². The van der Waals surface area contributed by atoms with Gasteiger partial charge in [-0.25, -0.2) is 17.9 Å². The lowest BCUT2D eigenvalue weighted by Gasteiger charge is -2.15. The third kappa shape index (κ3) is 4.53. The maximum absolute atomic E-state index is 12.8. The summed E-state index contributed by atoms with van der Waals surface area (Å²) in [4.78, 5) is 25.6. The fourth-order valence-electron chi connectivity index (χ4n) is 4.07. The van der Waals surface area contributed by atoms with Crippen LogP contribution in [0.5, 0.6) is 0 Å². The van der Waals surface area contributed by atoms with Gasteiger partial charge in [-0.15, -0.1) is 0 Å². The molecule has 2 aliphatic rings. The molecule has 1 saturated heterocycles. The van der Waals surface area contributed by atoms with E-state index in [0.29, 0.717) is 19.0 Å². The van der Waals surface area contributed by atoms with Crippen molar-refractivity contribution in [1.82, 2.24) is 14.1 Å². The maximum atomic E-state index is 12.8. The van der Waals surface area contributed by atoms with E-state index in [2.05, 4.69) is 5.10 Å². The molecule has 5 rings (SSSR count). The number of nitrogens with zero attached hydrogens (tertiary/aromatic N) is 3. The second-order valence-corrected chi connectivity index (χ2v) is 10.5. The van der Waals surface area contributed by atoms with Crippen molar-refractivity contribution in [3.05, 3.63) is 77.6 Å². The lowest BCUT2D eigenvalue weighted by atomic mass is 10.1. The predicted molar refractivity (Wildman–Crippen MR) is 125 cm³/mol. The first-order chi connectivity index (χ1) is 16.4. The minimum atomic E-state index is -3.55. The Labute approximate surface area is 198 Å². The molecule has 0 N–H and O–H groups in total. The second kappa shape index (κ2) is 9.15. The van der Waals surface area contributed by atoms with E-state index >= 15 is 0 Å². The molecule has 9 heteroatoms. The van der Waals surface area contributed by atoms with Crippen LogP contribution in [0.15, 0.2) is 65.6 Å². The summed E-state index contributed by atoms with van der Waals surface area (Å²) < 4.78 is 33.6. The smallest absolute Gasteiger partial charge is 0.357 e. The first kappa shape index (κ1) is 22.5. The number of rotatable bonds is 8. The zero-order chi connectivity index (χ0) is 23.7. The highest BCUT2D eigenvalue weighted by atomic mass is 32.2. The average molecular weight is 480 g/mol. The molecule has 0 bridgehead atoms. The summed E-state index contributed by atoms with van der Waals surface area (Å²) in [5, 5.41) is 4.58. The summed E-state index contributed by atoms with van der Waals surface area (Å²) in [7, 11) is -3.55. The fraction of sp³-hybridized carbons (Fsp3) is 0.320. The van der Waals surface area contributed by atoms with Crippen LogP contribution in [-0.2, 0) is 14.8 Å². The van der Waals surface area contributed by atoms with E-state index in [1.165, 1.54) is 28.6 Å². The van der Waals surface area contributed by atoms with Gasteiger partial charge in [0.25, 0.3) is 0 Å². The number of carbonyl (C=O) groups excluding carboxylic acids is 2. The standard InChI is InChI=1S/C25H25N3O5S/c29-24(19-10-12-21(13-11-19)34(31,32)27-14-4-5-15-27)17-33-25(30)23-16-22(18-8-9-18)26-28(23)20-6-2-1-3-7-20/h1-3,6-7,10-13,16,18H,4-5,8-9,14-15,17H2. The van der Waals surface area contributed by atoms with Gasteiger partial charge < -0.3 is 4.74 Å². The van der Waals surface area contributed by atoms with Crippen molar-refractivity contribution in [1.29, 1.82) is 0 Å². The van der Waals surface area contributed by atoms with Gasteiger partial charge in [0.1, 0.15) is 0 Å². The first-order valence-electron chi connectivity index (χ1n) is 11.4. The molecule has 3 aromatic rings. The molecule has 0 unspecified atom stereocenters. The number of ketones is 1. The van der Waals surface area contributed by atoms with Crippen LogP contribution in [0.25, 0.3) is 5.69 Å². The Morgan fingerprint density at radius 1 is 0.971 bits per heavy atom. The highest BCUT2D eigenvalue weighted by Gasteiger charge is 2.30. The molecule has 1 saturated carbocycles. The molecule has 34 heavy (non-hydrogen) atoms. The average Bonchev–Trinajstić information content (AvgIpc) is 3.36. The van der Waals surface area contributed by atoms with E-state index in [1.54, 1.807) is 10.7 Å².